The minimum atomic E-state index is -4.91. The Balaban J connectivity index is 1.79. The molecule has 8 heteroatoms. The molecular formula is C27H35F3N2O3. The standard InChI is InChI=1S/C27H35F3N2O3/c1-6-14-32-21(24(33)27(28,29)30)9-11-23(32)26(5)12-15-31(16-13-26)25(34)20-8-10-22(35-18(3)4)19(7-2)17-20/h8-11,17-18H,6-7,12-16H2,1-5H3. The average molecular weight is 493 g/mol. The topological polar surface area (TPSA) is 51.5 Å². The first-order chi connectivity index (χ1) is 16.4. The van der Waals surface area contributed by atoms with Crippen molar-refractivity contribution >= 4 is 11.7 Å². The van der Waals surface area contributed by atoms with Gasteiger partial charge in [-0.15, -0.1) is 0 Å². The lowest BCUT2D eigenvalue weighted by Crippen LogP contribution is -2.44. The Morgan fingerprint density at radius 1 is 1.09 bits per heavy atom. The van der Waals surface area contributed by atoms with E-state index in [4.69, 9.17) is 4.74 Å². The van der Waals surface area contributed by atoms with Gasteiger partial charge in [-0.25, -0.2) is 0 Å². The molecule has 1 amide bonds. The highest BCUT2D eigenvalue weighted by Crippen LogP contribution is 2.38. The number of halogens is 3. The van der Waals surface area contributed by atoms with Crippen LogP contribution in [-0.4, -0.2) is 46.5 Å². The van der Waals surface area contributed by atoms with Gasteiger partial charge in [0.25, 0.3) is 11.7 Å². The van der Waals surface area contributed by atoms with Gasteiger partial charge in [-0.3, -0.25) is 9.59 Å². The second kappa shape index (κ2) is 10.5. The van der Waals surface area contributed by atoms with E-state index >= 15 is 0 Å². The zero-order valence-electron chi connectivity index (χ0n) is 21.2. The third kappa shape index (κ3) is 5.73. The van der Waals surface area contributed by atoms with Crippen LogP contribution in [0.1, 0.15) is 86.0 Å². The zero-order chi connectivity index (χ0) is 26.0. The molecule has 1 aromatic heterocycles. The Labute approximate surface area is 205 Å². The quantitative estimate of drug-likeness (QED) is 0.413. The van der Waals surface area contributed by atoms with Crippen LogP contribution < -0.4 is 4.74 Å². The molecule has 0 aliphatic carbocycles. The van der Waals surface area contributed by atoms with Crippen molar-refractivity contribution in [1.29, 1.82) is 0 Å². The number of aromatic nitrogens is 1. The highest BCUT2D eigenvalue weighted by atomic mass is 19.4. The Morgan fingerprint density at radius 2 is 1.74 bits per heavy atom. The summed E-state index contributed by atoms with van der Waals surface area (Å²) in [6.45, 7) is 11.1. The summed E-state index contributed by atoms with van der Waals surface area (Å²) in [6.07, 6.45) is -2.32. The van der Waals surface area contributed by atoms with Crippen LogP contribution in [0.5, 0.6) is 5.75 Å². The van der Waals surface area contributed by atoms with Gasteiger partial charge < -0.3 is 14.2 Å². The van der Waals surface area contributed by atoms with Gasteiger partial charge in [0.05, 0.1) is 11.8 Å². The molecule has 1 aliphatic heterocycles. The second-order valence-corrected chi connectivity index (χ2v) is 9.78. The minimum Gasteiger partial charge on any atom is -0.491 e. The summed E-state index contributed by atoms with van der Waals surface area (Å²) < 4.78 is 46.8. The normalized spacial score (nSPS) is 16.0. The van der Waals surface area contributed by atoms with Crippen molar-refractivity contribution in [3.05, 3.63) is 52.8 Å². The summed E-state index contributed by atoms with van der Waals surface area (Å²) in [7, 11) is 0. The fourth-order valence-electron chi connectivity index (χ4n) is 4.80. The molecule has 1 aliphatic rings. The van der Waals surface area contributed by atoms with Crippen LogP contribution in [0.4, 0.5) is 13.2 Å². The first kappa shape index (κ1) is 26.8. The maximum atomic E-state index is 13.2. The smallest absolute Gasteiger partial charge is 0.456 e. The number of hydrogen-bond acceptors (Lipinski definition) is 3. The molecule has 1 aromatic carbocycles. The summed E-state index contributed by atoms with van der Waals surface area (Å²) >= 11 is 0. The lowest BCUT2D eigenvalue weighted by atomic mass is 9.77. The highest BCUT2D eigenvalue weighted by Gasteiger charge is 2.43. The first-order valence-corrected chi connectivity index (χ1v) is 12.3. The molecular weight excluding hydrogens is 457 g/mol. The average Bonchev–Trinajstić information content (AvgIpc) is 3.22. The zero-order valence-corrected chi connectivity index (χ0v) is 21.2. The van der Waals surface area contributed by atoms with Gasteiger partial charge in [-0.1, -0.05) is 20.8 Å². The van der Waals surface area contributed by atoms with Crippen LogP contribution in [0.15, 0.2) is 30.3 Å². The fraction of sp³-hybridized carbons (Fsp3) is 0.556. The van der Waals surface area contributed by atoms with E-state index in [2.05, 4.69) is 0 Å². The minimum absolute atomic E-state index is 0.0419. The van der Waals surface area contributed by atoms with Crippen molar-refractivity contribution < 1.29 is 27.5 Å². The monoisotopic (exact) mass is 492 g/mol. The van der Waals surface area contributed by atoms with Gasteiger partial charge in [-0.2, -0.15) is 13.2 Å². The molecule has 1 saturated heterocycles. The Bertz CT molecular complexity index is 1060. The van der Waals surface area contributed by atoms with Gasteiger partial charge in [0.2, 0.25) is 0 Å². The predicted molar refractivity (Wildman–Crippen MR) is 129 cm³/mol. The van der Waals surface area contributed by atoms with E-state index in [1.54, 1.807) is 17.0 Å². The van der Waals surface area contributed by atoms with Gasteiger partial charge in [0, 0.05) is 36.3 Å². The number of ether oxygens (including phenoxy) is 1. The van der Waals surface area contributed by atoms with E-state index in [-0.39, 0.29) is 17.7 Å². The number of likely N-dealkylation sites (tertiary alicyclic amines) is 1. The van der Waals surface area contributed by atoms with Crippen LogP contribution in [0.2, 0.25) is 0 Å². The van der Waals surface area contributed by atoms with Crippen molar-refractivity contribution in [1.82, 2.24) is 9.47 Å². The molecule has 1 fully saturated rings. The van der Waals surface area contributed by atoms with Gasteiger partial charge in [0.15, 0.2) is 0 Å². The lowest BCUT2D eigenvalue weighted by Gasteiger charge is -2.40. The van der Waals surface area contributed by atoms with Gasteiger partial charge in [0.1, 0.15) is 5.75 Å². The van der Waals surface area contributed by atoms with Crippen LogP contribution >= 0.6 is 0 Å². The number of carbonyl (C=O) groups excluding carboxylic acids is 2. The van der Waals surface area contributed by atoms with E-state index in [9.17, 15) is 22.8 Å². The molecule has 0 saturated carbocycles. The number of carbonyl (C=O) groups is 2. The van der Waals surface area contributed by atoms with E-state index in [0.29, 0.717) is 44.5 Å². The van der Waals surface area contributed by atoms with Crippen LogP contribution in [-0.2, 0) is 18.4 Å². The van der Waals surface area contributed by atoms with E-state index in [1.807, 2.05) is 46.8 Å². The molecule has 0 unspecified atom stereocenters. The molecule has 0 radical (unpaired) electrons. The molecule has 0 bridgehead atoms. The van der Waals surface area contributed by atoms with Crippen molar-refractivity contribution in [2.45, 2.75) is 84.5 Å². The summed E-state index contributed by atoms with van der Waals surface area (Å²) in [5, 5.41) is 0. The third-order valence-corrected chi connectivity index (χ3v) is 6.74. The molecule has 3 rings (SSSR count). The summed E-state index contributed by atoms with van der Waals surface area (Å²) in [6, 6.07) is 8.45. The number of nitrogens with zero attached hydrogens (tertiary/aromatic N) is 2. The molecule has 192 valence electrons. The number of benzene rings is 1. The summed E-state index contributed by atoms with van der Waals surface area (Å²) in [4.78, 5) is 27.0. The molecule has 35 heavy (non-hydrogen) atoms. The largest absolute Gasteiger partial charge is 0.491 e. The molecule has 2 aromatic rings. The third-order valence-electron chi connectivity index (χ3n) is 6.74. The molecule has 0 N–H and O–H groups in total. The van der Waals surface area contributed by atoms with Crippen molar-refractivity contribution in [3.63, 3.8) is 0 Å². The SMILES string of the molecule is CCCn1c(C(=O)C(F)(F)F)ccc1C1(C)CCN(C(=O)c2ccc(OC(C)C)c(CC)c2)CC1. The fourth-order valence-corrected chi connectivity index (χ4v) is 4.80. The van der Waals surface area contributed by atoms with Crippen molar-refractivity contribution in [3.8, 4) is 5.75 Å². The first-order valence-electron chi connectivity index (χ1n) is 12.3. The van der Waals surface area contributed by atoms with E-state index in [1.165, 1.54) is 10.6 Å². The number of alkyl halides is 3. The van der Waals surface area contributed by atoms with Crippen molar-refractivity contribution in [2.75, 3.05) is 13.1 Å². The van der Waals surface area contributed by atoms with Crippen LogP contribution in [0.25, 0.3) is 0 Å². The number of Topliss-reactive ketones (excluding diaryl/α,β-unsaturated/α-hetero) is 1. The highest BCUT2D eigenvalue weighted by molar-refractivity contribution is 5.99. The molecule has 5 nitrogen and oxygen atoms in total. The number of aryl methyl sites for hydroxylation is 1. The predicted octanol–water partition coefficient (Wildman–Crippen LogP) is 6.19. The number of hydrogen-bond donors (Lipinski definition) is 0. The molecule has 0 spiro atoms. The van der Waals surface area contributed by atoms with Gasteiger partial charge in [-0.05, 0) is 75.4 Å². The summed E-state index contributed by atoms with van der Waals surface area (Å²) in [5.74, 6) is -1.09. The van der Waals surface area contributed by atoms with E-state index < -0.39 is 17.4 Å². The van der Waals surface area contributed by atoms with Crippen molar-refractivity contribution in [2.24, 2.45) is 0 Å². The maximum absolute atomic E-state index is 13.2. The maximum Gasteiger partial charge on any atom is 0.456 e. The Morgan fingerprint density at radius 3 is 2.29 bits per heavy atom. The Kier molecular flexibility index (Phi) is 8.02. The molecule has 2 heterocycles. The van der Waals surface area contributed by atoms with Crippen LogP contribution in [0, 0.1) is 0 Å². The lowest BCUT2D eigenvalue weighted by molar-refractivity contribution is -0.0891. The Hall–Kier alpha value is -2.77. The number of piperidine rings is 1. The number of ketones is 1. The summed E-state index contributed by atoms with van der Waals surface area (Å²) in [5.41, 5.74) is 1.56. The van der Waals surface area contributed by atoms with Gasteiger partial charge >= 0.3 is 6.18 Å². The number of amides is 1. The van der Waals surface area contributed by atoms with Crippen LogP contribution in [0.3, 0.4) is 0 Å². The second-order valence-electron chi connectivity index (χ2n) is 9.78. The number of rotatable bonds is 8. The molecule has 0 atom stereocenters. The van der Waals surface area contributed by atoms with E-state index in [0.717, 1.165) is 23.4 Å².